The molecule has 1 saturated carbocycles. The van der Waals surface area contributed by atoms with Crippen molar-refractivity contribution in [3.63, 3.8) is 0 Å². The van der Waals surface area contributed by atoms with Crippen molar-refractivity contribution < 1.29 is 4.79 Å². The Bertz CT molecular complexity index is 230. The van der Waals surface area contributed by atoms with Crippen molar-refractivity contribution in [2.24, 2.45) is 11.8 Å². The number of rotatable bonds is 5. The molecule has 1 aliphatic carbocycles. The van der Waals surface area contributed by atoms with E-state index in [4.69, 9.17) is 0 Å². The quantitative estimate of drug-likeness (QED) is 0.770. The standard InChI is InChI=1S/C14H26N2O/c17-14(10-13-6-8-15-11-13)16-9-7-12-4-2-1-3-5-12/h12-13,15H,1-11H2,(H,16,17). The molecule has 2 aliphatic rings. The zero-order valence-corrected chi connectivity index (χ0v) is 10.8. The number of hydrogen-bond donors (Lipinski definition) is 2. The predicted octanol–water partition coefficient (Wildman–Crippen LogP) is 2.07. The van der Waals surface area contributed by atoms with Gasteiger partial charge in [0.1, 0.15) is 0 Å². The van der Waals surface area contributed by atoms with E-state index < -0.39 is 0 Å². The van der Waals surface area contributed by atoms with E-state index in [0.717, 1.165) is 38.4 Å². The van der Waals surface area contributed by atoms with Crippen molar-refractivity contribution in [1.29, 1.82) is 0 Å². The molecule has 1 unspecified atom stereocenters. The Morgan fingerprint density at radius 3 is 2.65 bits per heavy atom. The summed E-state index contributed by atoms with van der Waals surface area (Å²) in [4.78, 5) is 11.7. The van der Waals surface area contributed by atoms with Crippen LogP contribution >= 0.6 is 0 Å². The van der Waals surface area contributed by atoms with Gasteiger partial charge in [-0.15, -0.1) is 0 Å². The monoisotopic (exact) mass is 238 g/mol. The molecule has 3 nitrogen and oxygen atoms in total. The van der Waals surface area contributed by atoms with Crippen LogP contribution in [0, 0.1) is 11.8 Å². The average molecular weight is 238 g/mol. The summed E-state index contributed by atoms with van der Waals surface area (Å²) >= 11 is 0. The molecule has 1 saturated heterocycles. The lowest BCUT2D eigenvalue weighted by atomic mass is 9.87. The lowest BCUT2D eigenvalue weighted by Gasteiger charge is -2.21. The summed E-state index contributed by atoms with van der Waals surface area (Å²) in [7, 11) is 0. The Morgan fingerprint density at radius 2 is 1.94 bits per heavy atom. The Hall–Kier alpha value is -0.570. The summed E-state index contributed by atoms with van der Waals surface area (Å²) < 4.78 is 0. The van der Waals surface area contributed by atoms with Gasteiger partial charge in [-0.1, -0.05) is 32.1 Å². The fourth-order valence-corrected chi connectivity index (χ4v) is 3.11. The van der Waals surface area contributed by atoms with Gasteiger partial charge in [-0.25, -0.2) is 0 Å². The third-order valence-corrected chi connectivity index (χ3v) is 4.24. The maximum Gasteiger partial charge on any atom is 0.220 e. The fourth-order valence-electron chi connectivity index (χ4n) is 3.11. The first-order chi connectivity index (χ1) is 8.34. The molecule has 17 heavy (non-hydrogen) atoms. The van der Waals surface area contributed by atoms with Crippen molar-refractivity contribution >= 4 is 5.91 Å². The lowest BCUT2D eigenvalue weighted by Crippen LogP contribution is -2.28. The van der Waals surface area contributed by atoms with E-state index in [9.17, 15) is 4.79 Å². The summed E-state index contributed by atoms with van der Waals surface area (Å²) in [6.07, 6.45) is 10.0. The first-order valence-electron chi connectivity index (χ1n) is 7.32. The van der Waals surface area contributed by atoms with Crippen LogP contribution in [0.4, 0.5) is 0 Å². The van der Waals surface area contributed by atoms with Crippen molar-refractivity contribution in [2.75, 3.05) is 19.6 Å². The summed E-state index contributed by atoms with van der Waals surface area (Å²) in [5, 5.41) is 6.40. The Kier molecular flexibility index (Phi) is 5.30. The summed E-state index contributed by atoms with van der Waals surface area (Å²) in [6, 6.07) is 0. The Balaban J connectivity index is 1.53. The molecule has 1 amide bonds. The van der Waals surface area contributed by atoms with Gasteiger partial charge in [0, 0.05) is 13.0 Å². The van der Waals surface area contributed by atoms with Crippen LogP contribution in [-0.4, -0.2) is 25.5 Å². The molecule has 1 atom stereocenters. The summed E-state index contributed by atoms with van der Waals surface area (Å²) in [5.74, 6) is 1.70. The van der Waals surface area contributed by atoms with Crippen LogP contribution in [0.1, 0.15) is 51.4 Å². The highest BCUT2D eigenvalue weighted by molar-refractivity contribution is 5.76. The highest BCUT2D eigenvalue weighted by atomic mass is 16.1. The van der Waals surface area contributed by atoms with Crippen LogP contribution in [-0.2, 0) is 4.79 Å². The van der Waals surface area contributed by atoms with Crippen molar-refractivity contribution in [3.8, 4) is 0 Å². The minimum absolute atomic E-state index is 0.259. The van der Waals surface area contributed by atoms with Gasteiger partial charge in [0.25, 0.3) is 0 Å². The van der Waals surface area contributed by atoms with Gasteiger partial charge in [0.15, 0.2) is 0 Å². The zero-order chi connectivity index (χ0) is 11.9. The van der Waals surface area contributed by atoms with E-state index in [2.05, 4.69) is 10.6 Å². The van der Waals surface area contributed by atoms with Crippen LogP contribution in [0.5, 0.6) is 0 Å². The van der Waals surface area contributed by atoms with Crippen molar-refractivity contribution in [1.82, 2.24) is 10.6 Å². The normalized spacial score (nSPS) is 26.0. The van der Waals surface area contributed by atoms with E-state index in [1.165, 1.54) is 38.5 Å². The molecule has 0 aromatic carbocycles. The van der Waals surface area contributed by atoms with Crippen LogP contribution in [0.2, 0.25) is 0 Å². The molecule has 3 heteroatoms. The van der Waals surface area contributed by atoms with Crippen LogP contribution in [0.3, 0.4) is 0 Å². The highest BCUT2D eigenvalue weighted by Crippen LogP contribution is 2.25. The topological polar surface area (TPSA) is 41.1 Å². The molecule has 2 rings (SSSR count). The van der Waals surface area contributed by atoms with E-state index >= 15 is 0 Å². The van der Waals surface area contributed by atoms with Crippen LogP contribution in [0.25, 0.3) is 0 Å². The van der Waals surface area contributed by atoms with Gasteiger partial charge in [-0.3, -0.25) is 4.79 Å². The zero-order valence-electron chi connectivity index (χ0n) is 10.8. The molecule has 2 fully saturated rings. The van der Waals surface area contributed by atoms with E-state index in [1.54, 1.807) is 0 Å². The van der Waals surface area contributed by atoms with Crippen molar-refractivity contribution in [2.45, 2.75) is 51.4 Å². The number of nitrogens with one attached hydrogen (secondary N) is 2. The van der Waals surface area contributed by atoms with Gasteiger partial charge in [0.05, 0.1) is 0 Å². The number of carbonyl (C=O) groups is 1. The Morgan fingerprint density at radius 1 is 1.12 bits per heavy atom. The number of hydrogen-bond acceptors (Lipinski definition) is 2. The molecule has 2 N–H and O–H groups in total. The minimum Gasteiger partial charge on any atom is -0.356 e. The Labute approximate surface area is 105 Å². The molecule has 0 spiro atoms. The number of carbonyl (C=O) groups excluding carboxylic acids is 1. The molecule has 0 aromatic heterocycles. The molecule has 0 aromatic rings. The molecule has 1 aliphatic heterocycles. The van der Waals surface area contributed by atoms with Crippen molar-refractivity contribution in [3.05, 3.63) is 0 Å². The average Bonchev–Trinajstić information content (AvgIpc) is 2.83. The highest BCUT2D eigenvalue weighted by Gasteiger charge is 2.18. The second-order valence-corrected chi connectivity index (χ2v) is 5.71. The van der Waals surface area contributed by atoms with E-state index in [1.807, 2.05) is 0 Å². The summed E-state index contributed by atoms with van der Waals surface area (Å²) in [6.45, 7) is 3.00. The molecule has 0 bridgehead atoms. The van der Waals surface area contributed by atoms with Gasteiger partial charge < -0.3 is 10.6 Å². The predicted molar refractivity (Wildman–Crippen MR) is 69.8 cm³/mol. The maximum absolute atomic E-state index is 11.7. The smallest absolute Gasteiger partial charge is 0.220 e. The van der Waals surface area contributed by atoms with Gasteiger partial charge in [0.2, 0.25) is 5.91 Å². The van der Waals surface area contributed by atoms with Gasteiger partial charge in [-0.05, 0) is 37.8 Å². The fraction of sp³-hybridized carbons (Fsp3) is 0.929. The second kappa shape index (κ2) is 7.00. The molecule has 98 valence electrons. The molecular formula is C14H26N2O. The largest absolute Gasteiger partial charge is 0.356 e. The third-order valence-electron chi connectivity index (χ3n) is 4.24. The SMILES string of the molecule is O=C(CC1CCNC1)NCCC1CCCCC1. The lowest BCUT2D eigenvalue weighted by molar-refractivity contribution is -0.121. The first kappa shape index (κ1) is 12.9. The van der Waals surface area contributed by atoms with Crippen LogP contribution < -0.4 is 10.6 Å². The van der Waals surface area contributed by atoms with Gasteiger partial charge >= 0.3 is 0 Å². The maximum atomic E-state index is 11.7. The minimum atomic E-state index is 0.259. The molecule has 0 radical (unpaired) electrons. The molecule has 1 heterocycles. The van der Waals surface area contributed by atoms with Gasteiger partial charge in [-0.2, -0.15) is 0 Å². The van der Waals surface area contributed by atoms with Crippen LogP contribution in [0.15, 0.2) is 0 Å². The second-order valence-electron chi connectivity index (χ2n) is 5.71. The third kappa shape index (κ3) is 4.66. The van der Waals surface area contributed by atoms with E-state index in [-0.39, 0.29) is 5.91 Å². The molecular weight excluding hydrogens is 212 g/mol. The van der Waals surface area contributed by atoms with E-state index in [0.29, 0.717) is 5.92 Å². The summed E-state index contributed by atoms with van der Waals surface area (Å²) in [5.41, 5.74) is 0. The first-order valence-corrected chi connectivity index (χ1v) is 7.32. The number of amides is 1.